The van der Waals surface area contributed by atoms with Gasteiger partial charge in [-0.2, -0.15) is 5.26 Å². The van der Waals surface area contributed by atoms with Crippen molar-refractivity contribution in [2.24, 2.45) is 5.73 Å². The molecule has 3 rings (SSSR count). The van der Waals surface area contributed by atoms with Crippen molar-refractivity contribution >= 4 is 0 Å². The number of aromatic nitrogens is 1. The highest BCUT2D eigenvalue weighted by molar-refractivity contribution is 5.35. The van der Waals surface area contributed by atoms with E-state index in [2.05, 4.69) is 12.4 Å². The number of rotatable bonds is 2. The Morgan fingerprint density at radius 2 is 2.14 bits per heavy atom. The van der Waals surface area contributed by atoms with Gasteiger partial charge in [-0.3, -0.25) is 0 Å². The predicted octanol–water partition coefficient (Wildman–Crippen LogP) is 3.27. The zero-order valence-electron chi connectivity index (χ0n) is 11.8. The lowest BCUT2D eigenvalue weighted by Gasteiger charge is -2.08. The molecule has 1 aromatic heterocycles. The van der Waals surface area contributed by atoms with Crippen LogP contribution in [0.3, 0.4) is 0 Å². The van der Waals surface area contributed by atoms with Crippen LogP contribution in [0, 0.1) is 17.1 Å². The summed E-state index contributed by atoms with van der Waals surface area (Å²) in [4.78, 5) is 0. The van der Waals surface area contributed by atoms with Crippen LogP contribution in [0.5, 0.6) is 0 Å². The summed E-state index contributed by atoms with van der Waals surface area (Å²) in [5.41, 5.74) is 9.87. The van der Waals surface area contributed by atoms with Crippen molar-refractivity contribution in [3.8, 4) is 6.07 Å². The molecule has 0 fully saturated rings. The van der Waals surface area contributed by atoms with Gasteiger partial charge < -0.3 is 10.3 Å². The van der Waals surface area contributed by atoms with Crippen LogP contribution in [0.2, 0.25) is 0 Å². The molecule has 21 heavy (non-hydrogen) atoms. The van der Waals surface area contributed by atoms with Crippen molar-refractivity contribution in [1.82, 2.24) is 4.57 Å². The number of nitrogens with zero attached hydrogens (tertiary/aromatic N) is 2. The normalized spacial score (nSPS) is 17.9. The molecule has 0 aliphatic heterocycles. The molecule has 1 aromatic carbocycles. The lowest BCUT2D eigenvalue weighted by Crippen LogP contribution is -2.09. The van der Waals surface area contributed by atoms with Gasteiger partial charge in [0.15, 0.2) is 0 Å². The van der Waals surface area contributed by atoms with E-state index in [0.717, 1.165) is 18.4 Å². The Morgan fingerprint density at radius 1 is 1.29 bits per heavy atom. The molecule has 1 atom stereocenters. The molecule has 2 aromatic rings. The highest BCUT2D eigenvalue weighted by Crippen LogP contribution is 2.28. The number of aryl methyl sites for hydroxylation is 1. The maximum atomic E-state index is 13.5. The van der Waals surface area contributed by atoms with E-state index in [1.165, 1.54) is 36.1 Å². The van der Waals surface area contributed by atoms with E-state index in [1.807, 2.05) is 10.6 Å². The molecule has 0 radical (unpaired) electrons. The van der Waals surface area contributed by atoms with Gasteiger partial charge in [-0.25, -0.2) is 4.39 Å². The third-order valence-electron chi connectivity index (χ3n) is 4.06. The first-order chi connectivity index (χ1) is 10.2. The van der Waals surface area contributed by atoms with Gasteiger partial charge in [0.05, 0.1) is 11.6 Å². The van der Waals surface area contributed by atoms with Gasteiger partial charge in [-0.05, 0) is 54.2 Å². The van der Waals surface area contributed by atoms with E-state index in [0.29, 0.717) is 12.1 Å². The van der Waals surface area contributed by atoms with Crippen LogP contribution in [0.4, 0.5) is 4.39 Å². The first-order valence-electron chi connectivity index (χ1n) is 7.29. The van der Waals surface area contributed by atoms with Crippen molar-refractivity contribution < 1.29 is 4.39 Å². The summed E-state index contributed by atoms with van der Waals surface area (Å²) < 4.78 is 15.5. The summed E-state index contributed by atoms with van der Waals surface area (Å²) in [7, 11) is 0. The van der Waals surface area contributed by atoms with Crippen LogP contribution in [0.25, 0.3) is 0 Å². The number of fused-ring (bicyclic) bond motifs is 1. The highest BCUT2D eigenvalue weighted by Gasteiger charge is 2.17. The van der Waals surface area contributed by atoms with E-state index in [1.54, 1.807) is 6.07 Å². The molecule has 1 unspecified atom stereocenters. The van der Waals surface area contributed by atoms with Gasteiger partial charge in [0.1, 0.15) is 5.82 Å². The van der Waals surface area contributed by atoms with Crippen molar-refractivity contribution in [3.63, 3.8) is 0 Å². The fraction of sp³-hybridized carbons (Fsp3) is 0.353. The summed E-state index contributed by atoms with van der Waals surface area (Å²) in [6.45, 7) is 0.562. The van der Waals surface area contributed by atoms with E-state index in [9.17, 15) is 4.39 Å². The summed E-state index contributed by atoms with van der Waals surface area (Å²) in [6.07, 6.45) is 8.60. The summed E-state index contributed by atoms with van der Waals surface area (Å²) in [6, 6.07) is 6.55. The molecule has 1 aliphatic carbocycles. The fourth-order valence-electron chi connectivity index (χ4n) is 3.06. The minimum Gasteiger partial charge on any atom is -0.349 e. The third kappa shape index (κ3) is 2.98. The maximum absolute atomic E-state index is 13.5. The SMILES string of the molecule is N#Cc1cc(F)cc(Cn2cc3c(c2)C(N)CCCC3)c1. The first kappa shape index (κ1) is 13.8. The molecule has 4 heteroatoms. The Balaban J connectivity index is 1.88. The predicted molar refractivity (Wildman–Crippen MR) is 79.1 cm³/mol. The summed E-state index contributed by atoms with van der Waals surface area (Å²) in [5, 5.41) is 8.91. The third-order valence-corrected chi connectivity index (χ3v) is 4.06. The van der Waals surface area contributed by atoms with Gasteiger partial charge in [-0.1, -0.05) is 6.42 Å². The topological polar surface area (TPSA) is 54.7 Å². The second kappa shape index (κ2) is 5.71. The van der Waals surface area contributed by atoms with E-state index < -0.39 is 0 Å². The van der Waals surface area contributed by atoms with E-state index >= 15 is 0 Å². The van der Waals surface area contributed by atoms with Crippen molar-refractivity contribution in [2.45, 2.75) is 38.3 Å². The molecule has 0 spiro atoms. The van der Waals surface area contributed by atoms with Crippen molar-refractivity contribution in [1.29, 1.82) is 5.26 Å². The number of hydrogen-bond acceptors (Lipinski definition) is 2. The van der Waals surface area contributed by atoms with Crippen molar-refractivity contribution in [3.05, 3.63) is 58.7 Å². The molecule has 1 aliphatic rings. The van der Waals surface area contributed by atoms with Gasteiger partial charge in [0.2, 0.25) is 0 Å². The average molecular weight is 283 g/mol. The smallest absolute Gasteiger partial charge is 0.124 e. The van der Waals surface area contributed by atoms with Crippen LogP contribution in [0.1, 0.15) is 47.6 Å². The monoisotopic (exact) mass is 283 g/mol. The Kier molecular flexibility index (Phi) is 3.76. The lowest BCUT2D eigenvalue weighted by atomic mass is 10.1. The molecule has 2 N–H and O–H groups in total. The Morgan fingerprint density at radius 3 is 2.95 bits per heavy atom. The van der Waals surface area contributed by atoms with Gasteiger partial charge in [0, 0.05) is 25.0 Å². The lowest BCUT2D eigenvalue weighted by molar-refractivity contribution is 0.608. The van der Waals surface area contributed by atoms with Crippen LogP contribution in [-0.2, 0) is 13.0 Å². The number of nitriles is 1. The number of nitrogens with two attached hydrogens (primary N) is 1. The number of hydrogen-bond donors (Lipinski definition) is 1. The zero-order chi connectivity index (χ0) is 14.8. The molecule has 0 saturated carbocycles. The van der Waals surface area contributed by atoms with E-state index in [4.69, 9.17) is 11.0 Å². The largest absolute Gasteiger partial charge is 0.349 e. The van der Waals surface area contributed by atoms with Crippen LogP contribution >= 0.6 is 0 Å². The summed E-state index contributed by atoms with van der Waals surface area (Å²) >= 11 is 0. The number of halogens is 1. The number of benzene rings is 1. The first-order valence-corrected chi connectivity index (χ1v) is 7.29. The molecular formula is C17H18FN3. The van der Waals surface area contributed by atoms with Gasteiger partial charge >= 0.3 is 0 Å². The minimum atomic E-state index is -0.366. The van der Waals surface area contributed by atoms with Crippen LogP contribution < -0.4 is 5.73 Å². The van der Waals surface area contributed by atoms with Gasteiger partial charge in [0.25, 0.3) is 0 Å². The quantitative estimate of drug-likeness (QED) is 0.860. The molecule has 0 amide bonds. The van der Waals surface area contributed by atoms with Crippen LogP contribution in [0.15, 0.2) is 30.6 Å². The Hall–Kier alpha value is -2.12. The minimum absolute atomic E-state index is 0.103. The Bertz CT molecular complexity index is 697. The van der Waals surface area contributed by atoms with Gasteiger partial charge in [-0.15, -0.1) is 0 Å². The molecule has 1 heterocycles. The molecular weight excluding hydrogens is 265 g/mol. The highest BCUT2D eigenvalue weighted by atomic mass is 19.1. The molecule has 0 bridgehead atoms. The maximum Gasteiger partial charge on any atom is 0.124 e. The fourth-order valence-corrected chi connectivity index (χ4v) is 3.06. The van der Waals surface area contributed by atoms with Crippen LogP contribution in [-0.4, -0.2) is 4.57 Å². The van der Waals surface area contributed by atoms with E-state index in [-0.39, 0.29) is 11.9 Å². The summed E-state index contributed by atoms with van der Waals surface area (Å²) in [5.74, 6) is -0.366. The van der Waals surface area contributed by atoms with Crippen molar-refractivity contribution in [2.75, 3.05) is 0 Å². The zero-order valence-corrected chi connectivity index (χ0v) is 11.8. The molecule has 108 valence electrons. The second-order valence-corrected chi connectivity index (χ2v) is 5.72. The standard InChI is InChI=1S/C17H18FN3/c18-15-6-12(8-19)5-13(7-15)9-21-10-14-3-1-2-4-17(20)16(14)11-21/h5-7,10-11,17H,1-4,9,20H2. The Labute approximate surface area is 123 Å². The molecule has 3 nitrogen and oxygen atoms in total. The molecule has 0 saturated heterocycles. The average Bonchev–Trinajstić information content (AvgIpc) is 2.77. The second-order valence-electron chi connectivity index (χ2n) is 5.72.